The van der Waals surface area contributed by atoms with Crippen LogP contribution in [-0.2, 0) is 16.2 Å². The molecule has 7 nitrogen and oxygen atoms in total. The van der Waals surface area contributed by atoms with Gasteiger partial charge in [0, 0.05) is 37.5 Å². The van der Waals surface area contributed by atoms with Crippen molar-refractivity contribution in [3.63, 3.8) is 0 Å². The van der Waals surface area contributed by atoms with Crippen molar-refractivity contribution < 1.29 is 14.0 Å². The van der Waals surface area contributed by atoms with Crippen molar-refractivity contribution >= 4 is 16.9 Å². The predicted molar refractivity (Wildman–Crippen MR) is 114 cm³/mol. The van der Waals surface area contributed by atoms with E-state index >= 15 is 0 Å². The van der Waals surface area contributed by atoms with Gasteiger partial charge in [0.25, 0.3) is 0 Å². The van der Waals surface area contributed by atoms with Gasteiger partial charge in [-0.3, -0.25) is 19.6 Å². The summed E-state index contributed by atoms with van der Waals surface area (Å²) in [6.45, 7) is 1.29. The molecular weight excluding hydrogens is 409 g/mol. The van der Waals surface area contributed by atoms with E-state index in [1.165, 1.54) is 11.1 Å². The fourth-order valence-electron chi connectivity index (χ4n) is 4.93. The first-order valence-electron chi connectivity index (χ1n) is 11.0. The van der Waals surface area contributed by atoms with Crippen LogP contribution < -0.4 is 0 Å². The lowest BCUT2D eigenvalue weighted by atomic mass is 9.81. The molecule has 2 fully saturated rings. The Hall–Kier alpha value is -3.31. The number of aromatic nitrogens is 3. The van der Waals surface area contributed by atoms with Crippen LogP contribution in [0.4, 0.5) is 4.39 Å². The molecule has 2 aliphatic rings. The molecule has 3 aromatic rings. The Morgan fingerprint density at radius 3 is 2.81 bits per heavy atom. The minimum atomic E-state index is -0.406. The van der Waals surface area contributed by atoms with E-state index in [1.54, 1.807) is 12.4 Å². The summed E-state index contributed by atoms with van der Waals surface area (Å²) in [5.74, 6) is -0.0360. The molecule has 1 saturated heterocycles. The molecule has 0 bridgehead atoms. The second-order valence-corrected chi connectivity index (χ2v) is 8.66. The SMILES string of the molecule is N#Cc1cnc2ccn(C[C@H]3CC[C@H](C(=O)N4OCC[C@H]4c4cncc(F)c4)CC3)c2c1. The minimum absolute atomic E-state index is 0.00973. The highest BCUT2D eigenvalue weighted by Gasteiger charge is 2.37. The average Bonchev–Trinajstić information content (AvgIpc) is 3.46. The Bertz CT molecular complexity index is 1180. The number of amides is 1. The van der Waals surface area contributed by atoms with E-state index in [9.17, 15) is 9.18 Å². The highest BCUT2D eigenvalue weighted by atomic mass is 19.1. The fraction of sp³-hybridized carbons (Fsp3) is 0.417. The Kier molecular flexibility index (Phi) is 5.58. The van der Waals surface area contributed by atoms with E-state index in [0.717, 1.165) is 49.5 Å². The van der Waals surface area contributed by atoms with Gasteiger partial charge in [0.1, 0.15) is 11.9 Å². The first-order valence-corrected chi connectivity index (χ1v) is 11.0. The lowest BCUT2D eigenvalue weighted by Crippen LogP contribution is -2.37. The normalized spacial score (nSPS) is 23.4. The highest BCUT2D eigenvalue weighted by molar-refractivity contribution is 5.79. The second-order valence-electron chi connectivity index (χ2n) is 8.66. The van der Waals surface area contributed by atoms with E-state index in [1.807, 2.05) is 18.3 Å². The third-order valence-corrected chi connectivity index (χ3v) is 6.63. The van der Waals surface area contributed by atoms with Gasteiger partial charge >= 0.3 is 0 Å². The van der Waals surface area contributed by atoms with Crippen LogP contribution in [-0.4, -0.2) is 32.1 Å². The molecule has 0 unspecified atom stereocenters. The van der Waals surface area contributed by atoms with Gasteiger partial charge in [0.2, 0.25) is 5.91 Å². The van der Waals surface area contributed by atoms with Crippen LogP contribution in [0, 0.1) is 29.0 Å². The number of hydrogen-bond acceptors (Lipinski definition) is 5. The van der Waals surface area contributed by atoms with Crippen LogP contribution in [0.2, 0.25) is 0 Å². The Morgan fingerprint density at radius 1 is 1.19 bits per heavy atom. The van der Waals surface area contributed by atoms with Gasteiger partial charge in [-0.25, -0.2) is 9.45 Å². The molecule has 8 heteroatoms. The maximum absolute atomic E-state index is 13.6. The first-order chi connectivity index (χ1) is 15.6. The Balaban J connectivity index is 1.22. The average molecular weight is 433 g/mol. The molecule has 0 radical (unpaired) electrons. The standard InChI is InChI=1S/C24H24FN5O2/c25-20-10-19(13-27-14-20)22-6-8-32-30(22)24(31)18-3-1-16(2-4-18)15-29-7-5-21-23(29)9-17(11-26)12-28-21/h5,7,9-10,12-14,16,18,22H,1-4,6,8,15H2/t16-,18-,22-/m0/s1. The molecule has 1 saturated carbocycles. The number of nitrogens with zero attached hydrogens (tertiary/aromatic N) is 5. The van der Waals surface area contributed by atoms with Gasteiger partial charge in [-0.15, -0.1) is 0 Å². The maximum atomic E-state index is 13.6. The maximum Gasteiger partial charge on any atom is 0.249 e. The molecule has 0 aromatic carbocycles. The van der Waals surface area contributed by atoms with Crippen LogP contribution in [0.3, 0.4) is 0 Å². The number of carbonyl (C=O) groups is 1. The lowest BCUT2D eigenvalue weighted by molar-refractivity contribution is -0.183. The van der Waals surface area contributed by atoms with Gasteiger partial charge in [-0.05, 0) is 55.4 Å². The quantitative estimate of drug-likeness (QED) is 0.617. The Labute approximate surface area is 185 Å². The van der Waals surface area contributed by atoms with Crippen molar-refractivity contribution in [1.82, 2.24) is 19.6 Å². The van der Waals surface area contributed by atoms with E-state index in [-0.39, 0.29) is 17.9 Å². The summed E-state index contributed by atoms with van der Waals surface area (Å²) in [5, 5.41) is 10.6. The minimum Gasteiger partial charge on any atom is -0.346 e. The number of fused-ring (bicyclic) bond motifs is 1. The number of pyridine rings is 2. The van der Waals surface area contributed by atoms with Crippen molar-refractivity contribution in [2.45, 2.75) is 44.7 Å². The molecule has 1 amide bonds. The molecule has 1 atom stereocenters. The summed E-state index contributed by atoms with van der Waals surface area (Å²) in [6.07, 6.45) is 10.5. The van der Waals surface area contributed by atoms with E-state index in [2.05, 4.69) is 20.6 Å². The summed E-state index contributed by atoms with van der Waals surface area (Å²) in [4.78, 5) is 27.1. The number of hydroxylamine groups is 2. The van der Waals surface area contributed by atoms with Crippen LogP contribution in [0.15, 0.2) is 43.0 Å². The van der Waals surface area contributed by atoms with Crippen LogP contribution in [0.1, 0.15) is 49.3 Å². The largest absolute Gasteiger partial charge is 0.346 e. The predicted octanol–water partition coefficient (Wildman–Crippen LogP) is 4.15. The molecule has 0 N–H and O–H groups in total. The van der Waals surface area contributed by atoms with Crippen LogP contribution in [0.5, 0.6) is 0 Å². The summed E-state index contributed by atoms with van der Waals surface area (Å²) in [5.41, 5.74) is 3.09. The lowest BCUT2D eigenvalue weighted by Gasteiger charge is -2.32. The summed E-state index contributed by atoms with van der Waals surface area (Å²) < 4.78 is 15.8. The van der Waals surface area contributed by atoms with E-state index in [4.69, 9.17) is 10.1 Å². The number of rotatable bonds is 4. The summed E-state index contributed by atoms with van der Waals surface area (Å²) in [6, 6.07) is 7.14. The molecule has 1 aliphatic heterocycles. The summed E-state index contributed by atoms with van der Waals surface area (Å²) >= 11 is 0. The zero-order valence-corrected chi connectivity index (χ0v) is 17.7. The van der Waals surface area contributed by atoms with Crippen molar-refractivity contribution in [3.8, 4) is 6.07 Å². The van der Waals surface area contributed by atoms with Crippen molar-refractivity contribution in [3.05, 3.63) is 59.9 Å². The van der Waals surface area contributed by atoms with Gasteiger partial charge in [0.15, 0.2) is 0 Å². The number of carbonyl (C=O) groups excluding carboxylic acids is 1. The molecule has 164 valence electrons. The zero-order chi connectivity index (χ0) is 22.1. The topological polar surface area (TPSA) is 84.0 Å². The van der Waals surface area contributed by atoms with Crippen molar-refractivity contribution in [1.29, 1.82) is 5.26 Å². The molecule has 1 aliphatic carbocycles. The smallest absolute Gasteiger partial charge is 0.249 e. The zero-order valence-electron chi connectivity index (χ0n) is 17.7. The third-order valence-electron chi connectivity index (χ3n) is 6.63. The molecule has 5 rings (SSSR count). The van der Waals surface area contributed by atoms with Gasteiger partial charge in [-0.2, -0.15) is 5.26 Å². The second kappa shape index (κ2) is 8.67. The molecular formula is C24H24FN5O2. The first kappa shape index (κ1) is 20.6. The Morgan fingerprint density at radius 2 is 2.03 bits per heavy atom. The molecule has 4 heterocycles. The van der Waals surface area contributed by atoms with Crippen molar-refractivity contribution in [2.75, 3.05) is 6.61 Å². The number of hydrogen-bond donors (Lipinski definition) is 0. The number of halogens is 1. The van der Waals surface area contributed by atoms with Crippen molar-refractivity contribution in [2.24, 2.45) is 11.8 Å². The number of nitriles is 1. The van der Waals surface area contributed by atoms with Gasteiger partial charge in [0.05, 0.1) is 35.4 Å². The van der Waals surface area contributed by atoms with Gasteiger partial charge < -0.3 is 4.57 Å². The van der Waals surface area contributed by atoms with E-state index in [0.29, 0.717) is 30.1 Å². The third kappa shape index (κ3) is 3.96. The van der Waals surface area contributed by atoms with E-state index < -0.39 is 5.82 Å². The highest BCUT2D eigenvalue weighted by Crippen LogP contribution is 2.36. The molecule has 0 spiro atoms. The van der Waals surface area contributed by atoms with Gasteiger partial charge in [-0.1, -0.05) is 0 Å². The van der Waals surface area contributed by atoms with Crippen LogP contribution >= 0.6 is 0 Å². The molecule has 32 heavy (non-hydrogen) atoms. The van der Waals surface area contributed by atoms with Crippen LogP contribution in [0.25, 0.3) is 11.0 Å². The fourth-order valence-corrected chi connectivity index (χ4v) is 4.93. The summed E-state index contributed by atoms with van der Waals surface area (Å²) in [7, 11) is 0. The monoisotopic (exact) mass is 433 g/mol. The molecule has 3 aromatic heterocycles.